The van der Waals surface area contributed by atoms with Crippen molar-refractivity contribution in [1.29, 1.82) is 0 Å². The fraction of sp³-hybridized carbons (Fsp3) is 0.350. The summed E-state index contributed by atoms with van der Waals surface area (Å²) in [5.74, 6) is 1.63. The lowest BCUT2D eigenvalue weighted by Crippen LogP contribution is -2.08. The maximum absolute atomic E-state index is 5.97. The molecule has 1 aromatic carbocycles. The molecule has 134 valence electrons. The number of rotatable bonds is 6. The van der Waals surface area contributed by atoms with E-state index in [1.807, 2.05) is 48.3 Å². The molecule has 3 aromatic rings. The topological polar surface area (TPSA) is 52.8 Å². The summed E-state index contributed by atoms with van der Waals surface area (Å²) in [5, 5.41) is 10.4. The van der Waals surface area contributed by atoms with Gasteiger partial charge in [0.2, 0.25) is 0 Å². The van der Waals surface area contributed by atoms with Crippen molar-refractivity contribution in [3.63, 3.8) is 0 Å². The van der Waals surface area contributed by atoms with Crippen LogP contribution in [0.4, 0.5) is 0 Å². The quantitative estimate of drug-likeness (QED) is 0.639. The summed E-state index contributed by atoms with van der Waals surface area (Å²) < 4.78 is 8.04. The summed E-state index contributed by atoms with van der Waals surface area (Å²) >= 11 is 1.82. The second-order valence-electron chi connectivity index (χ2n) is 6.57. The highest BCUT2D eigenvalue weighted by atomic mass is 32.2. The minimum Gasteiger partial charge on any atom is -0.486 e. The first-order valence-corrected chi connectivity index (χ1v) is 9.88. The highest BCUT2D eigenvalue weighted by molar-refractivity contribution is 7.99. The molecule has 1 aliphatic rings. The first-order valence-electron chi connectivity index (χ1n) is 9.00. The molecule has 1 saturated carbocycles. The average molecular weight is 366 g/mol. The molecule has 0 aliphatic heterocycles. The van der Waals surface area contributed by atoms with Crippen molar-refractivity contribution in [1.82, 2.24) is 19.7 Å². The van der Waals surface area contributed by atoms with E-state index >= 15 is 0 Å². The van der Waals surface area contributed by atoms with Crippen LogP contribution in [-0.4, -0.2) is 25.0 Å². The van der Waals surface area contributed by atoms with Crippen LogP contribution >= 0.6 is 11.8 Å². The maximum Gasteiger partial charge on any atom is 0.196 e. The van der Waals surface area contributed by atoms with Gasteiger partial charge in [-0.3, -0.25) is 9.55 Å². The van der Waals surface area contributed by atoms with E-state index in [1.54, 1.807) is 6.20 Å². The molecule has 0 bridgehead atoms. The van der Waals surface area contributed by atoms with Gasteiger partial charge in [-0.1, -0.05) is 36.7 Å². The first-order chi connectivity index (χ1) is 12.8. The van der Waals surface area contributed by atoms with E-state index < -0.39 is 0 Å². The van der Waals surface area contributed by atoms with Gasteiger partial charge in [-0.15, -0.1) is 10.2 Å². The summed E-state index contributed by atoms with van der Waals surface area (Å²) in [5.41, 5.74) is 2.15. The van der Waals surface area contributed by atoms with Gasteiger partial charge in [0.1, 0.15) is 12.4 Å². The van der Waals surface area contributed by atoms with Gasteiger partial charge in [0.05, 0.1) is 11.9 Å². The average Bonchev–Trinajstić information content (AvgIpc) is 3.31. The number of hydrogen-bond donors (Lipinski definition) is 0. The van der Waals surface area contributed by atoms with Crippen LogP contribution in [0.15, 0.2) is 53.9 Å². The Balaban J connectivity index is 1.60. The zero-order chi connectivity index (χ0) is 17.8. The monoisotopic (exact) mass is 366 g/mol. The minimum absolute atomic E-state index is 0.372. The Morgan fingerprint density at radius 1 is 1.15 bits per heavy atom. The molecular formula is C20H22N4OS. The third-order valence-corrected chi connectivity index (χ3v) is 5.82. The van der Waals surface area contributed by atoms with E-state index in [0.717, 1.165) is 22.4 Å². The van der Waals surface area contributed by atoms with Gasteiger partial charge < -0.3 is 4.74 Å². The zero-order valence-electron chi connectivity index (χ0n) is 14.8. The number of thioether (sulfide) groups is 1. The van der Waals surface area contributed by atoms with Crippen LogP contribution in [0.5, 0.6) is 5.75 Å². The predicted molar refractivity (Wildman–Crippen MR) is 103 cm³/mol. The maximum atomic E-state index is 5.97. The van der Waals surface area contributed by atoms with Crippen molar-refractivity contribution in [2.24, 2.45) is 0 Å². The second kappa shape index (κ2) is 7.91. The van der Waals surface area contributed by atoms with E-state index in [0.29, 0.717) is 11.9 Å². The Morgan fingerprint density at radius 2 is 2.04 bits per heavy atom. The molecule has 0 unspecified atom stereocenters. The number of ether oxygens (including phenoxy) is 1. The first kappa shape index (κ1) is 17.1. The van der Waals surface area contributed by atoms with Gasteiger partial charge in [0, 0.05) is 11.4 Å². The Bertz CT molecular complexity index is 859. The van der Waals surface area contributed by atoms with E-state index in [2.05, 4.69) is 32.7 Å². The number of nitrogens with zero attached hydrogens (tertiary/aromatic N) is 4. The van der Waals surface area contributed by atoms with Crippen LogP contribution in [0.3, 0.4) is 0 Å². The normalized spacial score (nSPS) is 14.7. The van der Waals surface area contributed by atoms with Crippen molar-refractivity contribution in [3.8, 4) is 11.4 Å². The van der Waals surface area contributed by atoms with Crippen molar-refractivity contribution in [3.05, 3.63) is 60.2 Å². The summed E-state index contributed by atoms with van der Waals surface area (Å²) in [4.78, 5) is 4.26. The Labute approximate surface area is 157 Å². The number of hydrogen-bond acceptors (Lipinski definition) is 5. The van der Waals surface area contributed by atoms with Crippen LogP contribution in [-0.2, 0) is 6.61 Å². The molecule has 1 aliphatic carbocycles. The Hall–Kier alpha value is -2.34. The van der Waals surface area contributed by atoms with Crippen molar-refractivity contribution in [2.75, 3.05) is 0 Å². The third kappa shape index (κ3) is 3.90. The van der Waals surface area contributed by atoms with Crippen molar-refractivity contribution < 1.29 is 4.74 Å². The molecule has 0 spiro atoms. The lowest BCUT2D eigenvalue weighted by atomic mass is 10.2. The molecule has 5 nitrogen and oxygen atoms in total. The number of benzene rings is 1. The molecule has 2 aromatic heterocycles. The second-order valence-corrected chi connectivity index (χ2v) is 7.84. The van der Waals surface area contributed by atoms with Gasteiger partial charge in [-0.25, -0.2) is 0 Å². The van der Waals surface area contributed by atoms with Crippen LogP contribution in [0, 0.1) is 6.92 Å². The van der Waals surface area contributed by atoms with Gasteiger partial charge >= 0.3 is 0 Å². The molecule has 4 rings (SSSR count). The zero-order valence-corrected chi connectivity index (χ0v) is 15.7. The summed E-state index contributed by atoms with van der Waals surface area (Å²) in [6.07, 6.45) is 8.74. The van der Waals surface area contributed by atoms with E-state index in [4.69, 9.17) is 4.74 Å². The smallest absolute Gasteiger partial charge is 0.196 e. The summed E-state index contributed by atoms with van der Waals surface area (Å²) in [6.45, 7) is 2.43. The lowest BCUT2D eigenvalue weighted by Gasteiger charge is -2.13. The van der Waals surface area contributed by atoms with Crippen molar-refractivity contribution >= 4 is 11.8 Å². The predicted octanol–water partition coefficient (Wildman–Crippen LogP) is 4.58. The Morgan fingerprint density at radius 3 is 2.81 bits per heavy atom. The molecule has 0 N–H and O–H groups in total. The standard InChI is InChI=1S/C20H22N4OS/c1-15-6-4-8-17(12-15)25-14-19-22-23-20(26-18-9-2-3-10-18)24(19)16-7-5-11-21-13-16/h4-8,11-13,18H,2-3,9-10,14H2,1H3. The summed E-state index contributed by atoms with van der Waals surface area (Å²) in [6, 6.07) is 12.0. The SMILES string of the molecule is Cc1cccc(OCc2nnc(SC3CCCC3)n2-c2cccnc2)c1. The number of aryl methyl sites for hydroxylation is 1. The van der Waals surface area contributed by atoms with Crippen LogP contribution in [0.1, 0.15) is 37.1 Å². The van der Waals surface area contributed by atoms with E-state index in [-0.39, 0.29) is 0 Å². The molecule has 2 heterocycles. The third-order valence-electron chi connectivity index (χ3n) is 4.54. The molecular weight excluding hydrogens is 344 g/mol. The number of aromatic nitrogens is 4. The molecule has 0 saturated heterocycles. The highest BCUT2D eigenvalue weighted by Crippen LogP contribution is 2.35. The Kier molecular flexibility index (Phi) is 5.20. The molecule has 0 radical (unpaired) electrons. The fourth-order valence-electron chi connectivity index (χ4n) is 3.22. The van der Waals surface area contributed by atoms with Crippen LogP contribution in [0.25, 0.3) is 5.69 Å². The highest BCUT2D eigenvalue weighted by Gasteiger charge is 2.22. The molecule has 26 heavy (non-hydrogen) atoms. The van der Waals surface area contributed by atoms with Crippen LogP contribution < -0.4 is 4.74 Å². The number of pyridine rings is 1. The van der Waals surface area contributed by atoms with Crippen LogP contribution in [0.2, 0.25) is 0 Å². The van der Waals surface area contributed by atoms with Gasteiger partial charge in [0.15, 0.2) is 11.0 Å². The largest absolute Gasteiger partial charge is 0.486 e. The van der Waals surface area contributed by atoms with Gasteiger partial charge in [-0.2, -0.15) is 0 Å². The molecule has 0 atom stereocenters. The summed E-state index contributed by atoms with van der Waals surface area (Å²) in [7, 11) is 0. The van der Waals surface area contributed by atoms with Gasteiger partial charge in [0.25, 0.3) is 0 Å². The van der Waals surface area contributed by atoms with E-state index in [1.165, 1.54) is 31.2 Å². The molecule has 6 heteroatoms. The van der Waals surface area contributed by atoms with Crippen molar-refractivity contribution in [2.45, 2.75) is 49.6 Å². The molecule has 0 amide bonds. The van der Waals surface area contributed by atoms with Gasteiger partial charge in [-0.05, 0) is 49.6 Å². The lowest BCUT2D eigenvalue weighted by molar-refractivity contribution is 0.292. The minimum atomic E-state index is 0.372. The fourth-order valence-corrected chi connectivity index (χ4v) is 4.50. The van der Waals surface area contributed by atoms with E-state index in [9.17, 15) is 0 Å². The molecule has 1 fully saturated rings.